The number of rotatable bonds is 10. The number of unbranched alkanes of at least 4 members (excludes halogenated alkanes) is 6. The van der Waals surface area contributed by atoms with E-state index in [1.165, 1.54) is 50.5 Å². The first-order valence-electron chi connectivity index (χ1n) is 7.63. The number of hydrogen-bond acceptors (Lipinski definition) is 1. The lowest BCUT2D eigenvalue weighted by Gasteiger charge is -2.13. The van der Waals surface area contributed by atoms with Gasteiger partial charge in [-0.2, -0.15) is 0 Å². The normalized spacial score (nSPS) is 12.6. The minimum atomic E-state index is 0.478. The van der Waals surface area contributed by atoms with Crippen LogP contribution in [-0.2, 0) is 0 Å². The van der Waals surface area contributed by atoms with Gasteiger partial charge in [-0.05, 0) is 25.5 Å². The zero-order valence-corrected chi connectivity index (χ0v) is 12.1. The van der Waals surface area contributed by atoms with Crippen LogP contribution in [0.2, 0.25) is 0 Å². The van der Waals surface area contributed by atoms with Gasteiger partial charge in [-0.25, -0.2) is 0 Å². The molecule has 1 rings (SSSR count). The van der Waals surface area contributed by atoms with Crippen LogP contribution in [0, 0.1) is 0 Å². The van der Waals surface area contributed by atoms with Crippen molar-refractivity contribution in [2.75, 3.05) is 6.54 Å². The van der Waals surface area contributed by atoms with Gasteiger partial charge in [-0.1, -0.05) is 75.8 Å². The summed E-state index contributed by atoms with van der Waals surface area (Å²) < 4.78 is 0. The van der Waals surface area contributed by atoms with E-state index >= 15 is 0 Å². The smallest absolute Gasteiger partial charge is 0.0291 e. The molecule has 18 heavy (non-hydrogen) atoms. The van der Waals surface area contributed by atoms with Crippen molar-refractivity contribution in [1.82, 2.24) is 5.32 Å². The van der Waals surface area contributed by atoms with Gasteiger partial charge in [0.15, 0.2) is 0 Å². The fourth-order valence-electron chi connectivity index (χ4n) is 2.26. The molecule has 0 saturated carbocycles. The van der Waals surface area contributed by atoms with Gasteiger partial charge in [0.25, 0.3) is 0 Å². The Bertz CT molecular complexity index is 281. The zero-order chi connectivity index (χ0) is 13.1. The first kappa shape index (κ1) is 15.2. The summed E-state index contributed by atoms with van der Waals surface area (Å²) in [5.74, 6) is 0. The molecule has 1 N–H and O–H groups in total. The highest BCUT2D eigenvalue weighted by Gasteiger charge is 2.02. The van der Waals surface area contributed by atoms with Gasteiger partial charge in [0.2, 0.25) is 0 Å². The Morgan fingerprint density at radius 3 is 2.17 bits per heavy atom. The lowest BCUT2D eigenvalue weighted by molar-refractivity contribution is 0.524. The molecule has 0 spiro atoms. The van der Waals surface area contributed by atoms with Crippen LogP contribution in [0.4, 0.5) is 0 Å². The van der Waals surface area contributed by atoms with Crippen LogP contribution in [0.5, 0.6) is 0 Å². The molecule has 1 aromatic rings. The first-order chi connectivity index (χ1) is 8.84. The number of hydrogen-bond donors (Lipinski definition) is 1. The molecule has 1 atom stereocenters. The van der Waals surface area contributed by atoms with Crippen molar-refractivity contribution in [3.63, 3.8) is 0 Å². The van der Waals surface area contributed by atoms with Gasteiger partial charge in [0, 0.05) is 6.04 Å². The Labute approximate surface area is 113 Å². The summed E-state index contributed by atoms with van der Waals surface area (Å²) in [7, 11) is 0. The average molecular weight is 247 g/mol. The molecular formula is C17H29N. The molecule has 0 heterocycles. The molecule has 0 unspecified atom stereocenters. The van der Waals surface area contributed by atoms with E-state index in [0.29, 0.717) is 6.04 Å². The van der Waals surface area contributed by atoms with E-state index in [1.54, 1.807) is 0 Å². The second-order valence-corrected chi connectivity index (χ2v) is 5.21. The molecule has 0 aromatic heterocycles. The average Bonchev–Trinajstić information content (AvgIpc) is 2.42. The topological polar surface area (TPSA) is 12.0 Å². The minimum absolute atomic E-state index is 0.478. The third-order valence-corrected chi connectivity index (χ3v) is 3.53. The van der Waals surface area contributed by atoms with E-state index in [4.69, 9.17) is 0 Å². The molecule has 0 bridgehead atoms. The van der Waals surface area contributed by atoms with Crippen LogP contribution in [0.3, 0.4) is 0 Å². The van der Waals surface area contributed by atoms with Crippen LogP contribution in [0.15, 0.2) is 30.3 Å². The molecule has 1 aromatic carbocycles. The van der Waals surface area contributed by atoms with E-state index < -0.39 is 0 Å². The molecular weight excluding hydrogens is 218 g/mol. The Morgan fingerprint density at radius 2 is 1.50 bits per heavy atom. The molecule has 0 amide bonds. The predicted octanol–water partition coefficient (Wildman–Crippen LogP) is 5.09. The number of nitrogens with one attached hydrogen (secondary N) is 1. The lowest BCUT2D eigenvalue weighted by atomic mass is 10.1. The van der Waals surface area contributed by atoms with Crippen LogP contribution in [0.1, 0.15) is 70.4 Å². The Kier molecular flexibility index (Phi) is 8.58. The summed E-state index contributed by atoms with van der Waals surface area (Å²) in [6.45, 7) is 5.66. The maximum Gasteiger partial charge on any atom is 0.0291 e. The van der Waals surface area contributed by atoms with E-state index in [9.17, 15) is 0 Å². The van der Waals surface area contributed by atoms with E-state index in [2.05, 4.69) is 49.5 Å². The van der Waals surface area contributed by atoms with Gasteiger partial charge >= 0.3 is 0 Å². The molecule has 0 aliphatic rings. The fraction of sp³-hybridized carbons (Fsp3) is 0.647. The third kappa shape index (κ3) is 6.80. The van der Waals surface area contributed by atoms with E-state index in [1.807, 2.05) is 0 Å². The van der Waals surface area contributed by atoms with Gasteiger partial charge in [-0.15, -0.1) is 0 Å². The second-order valence-electron chi connectivity index (χ2n) is 5.21. The van der Waals surface area contributed by atoms with Crippen LogP contribution in [-0.4, -0.2) is 6.54 Å². The Balaban J connectivity index is 1.98. The molecule has 0 saturated heterocycles. The van der Waals surface area contributed by atoms with E-state index in [0.717, 1.165) is 6.54 Å². The van der Waals surface area contributed by atoms with Crippen LogP contribution < -0.4 is 5.32 Å². The molecule has 1 nitrogen and oxygen atoms in total. The molecule has 0 aliphatic heterocycles. The zero-order valence-electron chi connectivity index (χ0n) is 12.1. The van der Waals surface area contributed by atoms with Crippen molar-refractivity contribution >= 4 is 0 Å². The van der Waals surface area contributed by atoms with E-state index in [-0.39, 0.29) is 0 Å². The highest BCUT2D eigenvalue weighted by Crippen LogP contribution is 2.11. The van der Waals surface area contributed by atoms with Crippen molar-refractivity contribution in [3.05, 3.63) is 35.9 Å². The summed E-state index contributed by atoms with van der Waals surface area (Å²) in [6.07, 6.45) is 9.68. The minimum Gasteiger partial charge on any atom is -0.310 e. The largest absolute Gasteiger partial charge is 0.310 e. The SMILES string of the molecule is CCCCCCCCCN[C@@H](C)c1ccccc1. The monoisotopic (exact) mass is 247 g/mol. The standard InChI is InChI=1S/C17H29N/c1-3-4-5-6-7-8-12-15-18-16(2)17-13-10-9-11-14-17/h9-11,13-14,16,18H,3-8,12,15H2,1-2H3/t16-/m0/s1. The Hall–Kier alpha value is -0.820. The van der Waals surface area contributed by atoms with Gasteiger partial charge in [0.1, 0.15) is 0 Å². The quantitative estimate of drug-likeness (QED) is 0.568. The first-order valence-corrected chi connectivity index (χ1v) is 7.63. The highest BCUT2D eigenvalue weighted by molar-refractivity contribution is 5.17. The third-order valence-electron chi connectivity index (χ3n) is 3.53. The molecule has 0 radical (unpaired) electrons. The van der Waals surface area contributed by atoms with Crippen molar-refractivity contribution in [2.45, 2.75) is 64.8 Å². The predicted molar refractivity (Wildman–Crippen MR) is 80.9 cm³/mol. The Morgan fingerprint density at radius 1 is 0.889 bits per heavy atom. The fourth-order valence-corrected chi connectivity index (χ4v) is 2.26. The van der Waals surface area contributed by atoms with Crippen molar-refractivity contribution in [3.8, 4) is 0 Å². The maximum absolute atomic E-state index is 3.60. The number of benzene rings is 1. The summed E-state index contributed by atoms with van der Waals surface area (Å²) in [5.41, 5.74) is 1.39. The van der Waals surface area contributed by atoms with Crippen molar-refractivity contribution in [1.29, 1.82) is 0 Å². The maximum atomic E-state index is 3.60. The van der Waals surface area contributed by atoms with Gasteiger partial charge < -0.3 is 5.32 Å². The highest BCUT2D eigenvalue weighted by atomic mass is 14.9. The van der Waals surface area contributed by atoms with Crippen LogP contribution in [0.25, 0.3) is 0 Å². The van der Waals surface area contributed by atoms with Crippen molar-refractivity contribution in [2.24, 2.45) is 0 Å². The van der Waals surface area contributed by atoms with Crippen molar-refractivity contribution < 1.29 is 0 Å². The van der Waals surface area contributed by atoms with Gasteiger partial charge in [0.05, 0.1) is 0 Å². The lowest BCUT2D eigenvalue weighted by Crippen LogP contribution is -2.19. The summed E-state index contributed by atoms with van der Waals surface area (Å²) in [6, 6.07) is 11.2. The molecule has 102 valence electrons. The summed E-state index contributed by atoms with van der Waals surface area (Å²) in [4.78, 5) is 0. The molecule has 0 fully saturated rings. The second kappa shape index (κ2) is 10.1. The summed E-state index contributed by atoms with van der Waals surface area (Å²) in [5, 5.41) is 3.60. The van der Waals surface area contributed by atoms with Crippen LogP contribution >= 0.6 is 0 Å². The molecule has 1 heteroatoms. The van der Waals surface area contributed by atoms with Gasteiger partial charge in [-0.3, -0.25) is 0 Å². The molecule has 0 aliphatic carbocycles. The summed E-state index contributed by atoms with van der Waals surface area (Å²) >= 11 is 0.